The molecule has 2 aromatic rings. The molecule has 0 saturated heterocycles. The lowest BCUT2D eigenvalue weighted by molar-refractivity contribution is 0.691. The van der Waals surface area contributed by atoms with Crippen molar-refractivity contribution >= 4 is 28.3 Å². The summed E-state index contributed by atoms with van der Waals surface area (Å²) in [6.45, 7) is 2.16. The van der Waals surface area contributed by atoms with Gasteiger partial charge in [-0.05, 0) is 49.9 Å². The molecule has 0 bridgehead atoms. The maximum absolute atomic E-state index is 9.26. The number of fused-ring (bicyclic) bond motifs is 1. The average molecular weight is 272 g/mol. The van der Waals surface area contributed by atoms with E-state index < -0.39 is 0 Å². The van der Waals surface area contributed by atoms with Gasteiger partial charge in [0.15, 0.2) is 0 Å². The van der Waals surface area contributed by atoms with Gasteiger partial charge in [0.2, 0.25) is 0 Å². The minimum absolute atomic E-state index is 0.406. The summed E-state index contributed by atoms with van der Waals surface area (Å²) < 4.78 is 0. The fourth-order valence-corrected chi connectivity index (χ4v) is 2.48. The molecular formula is C15H14ClN3. The van der Waals surface area contributed by atoms with Gasteiger partial charge in [-0.15, -0.1) is 0 Å². The molecule has 4 heteroatoms. The second-order valence-corrected chi connectivity index (χ2v) is 5.54. The van der Waals surface area contributed by atoms with Crippen molar-refractivity contribution in [1.29, 1.82) is 5.26 Å². The molecule has 1 atom stereocenters. The highest BCUT2D eigenvalue weighted by molar-refractivity contribution is 6.31. The summed E-state index contributed by atoms with van der Waals surface area (Å²) >= 11 is 5.97. The molecule has 0 aliphatic heterocycles. The molecule has 1 aliphatic carbocycles. The van der Waals surface area contributed by atoms with E-state index in [0.29, 0.717) is 16.6 Å². The molecule has 1 N–H and O–H groups in total. The summed E-state index contributed by atoms with van der Waals surface area (Å²) in [7, 11) is 0. The van der Waals surface area contributed by atoms with Gasteiger partial charge in [0, 0.05) is 16.5 Å². The first-order valence-corrected chi connectivity index (χ1v) is 6.82. The van der Waals surface area contributed by atoms with Crippen molar-refractivity contribution in [3.63, 3.8) is 0 Å². The lowest BCUT2D eigenvalue weighted by Gasteiger charge is -2.14. The van der Waals surface area contributed by atoms with Crippen molar-refractivity contribution < 1.29 is 0 Å². The summed E-state index contributed by atoms with van der Waals surface area (Å²) in [4.78, 5) is 4.55. The fraction of sp³-hybridized carbons (Fsp3) is 0.333. The highest BCUT2D eigenvalue weighted by Crippen LogP contribution is 2.34. The van der Waals surface area contributed by atoms with Gasteiger partial charge in [0.25, 0.3) is 0 Å². The van der Waals surface area contributed by atoms with Crippen LogP contribution in [0.5, 0.6) is 0 Å². The molecule has 1 heterocycles. The van der Waals surface area contributed by atoms with Crippen molar-refractivity contribution in [3.8, 4) is 6.07 Å². The molecule has 1 saturated carbocycles. The zero-order chi connectivity index (χ0) is 13.4. The number of nitriles is 1. The topological polar surface area (TPSA) is 48.7 Å². The van der Waals surface area contributed by atoms with Crippen LogP contribution in [0.15, 0.2) is 24.3 Å². The highest BCUT2D eigenvalue weighted by atomic mass is 35.5. The van der Waals surface area contributed by atoms with Crippen LogP contribution in [0.2, 0.25) is 5.02 Å². The van der Waals surface area contributed by atoms with Crippen molar-refractivity contribution in [2.24, 2.45) is 5.92 Å². The van der Waals surface area contributed by atoms with Crippen LogP contribution in [0.3, 0.4) is 0 Å². The van der Waals surface area contributed by atoms with Gasteiger partial charge in [-0.3, -0.25) is 0 Å². The molecule has 1 unspecified atom stereocenters. The number of halogens is 1. The Morgan fingerprint density at radius 2 is 2.21 bits per heavy atom. The summed E-state index contributed by atoms with van der Waals surface area (Å²) in [5.74, 6) is 1.51. The molecule has 96 valence electrons. The van der Waals surface area contributed by atoms with Crippen molar-refractivity contribution in [2.45, 2.75) is 25.8 Å². The fourth-order valence-electron chi connectivity index (χ4n) is 2.31. The quantitative estimate of drug-likeness (QED) is 0.919. The van der Waals surface area contributed by atoms with Crippen LogP contribution in [-0.2, 0) is 0 Å². The largest absolute Gasteiger partial charge is 0.367 e. The van der Waals surface area contributed by atoms with E-state index >= 15 is 0 Å². The zero-order valence-electron chi connectivity index (χ0n) is 10.7. The van der Waals surface area contributed by atoms with Gasteiger partial charge in [0.1, 0.15) is 5.82 Å². The summed E-state index contributed by atoms with van der Waals surface area (Å²) in [5, 5.41) is 14.1. The molecule has 3 nitrogen and oxygen atoms in total. The van der Waals surface area contributed by atoms with Crippen LogP contribution in [0, 0.1) is 17.2 Å². The molecule has 1 fully saturated rings. The van der Waals surface area contributed by atoms with E-state index in [0.717, 1.165) is 22.6 Å². The normalized spacial score (nSPS) is 16.1. The number of rotatable bonds is 3. The van der Waals surface area contributed by atoms with Crippen LogP contribution in [-0.4, -0.2) is 11.0 Å². The first kappa shape index (κ1) is 12.3. The Bertz CT molecular complexity index is 671. The standard InChI is InChI=1S/C15H14ClN3/c1-9(10-2-3-10)18-15-6-11(8-17)13-7-12(16)4-5-14(13)19-15/h4-7,9-10H,2-3H2,1H3,(H,18,19). The predicted octanol–water partition coefficient (Wildman–Crippen LogP) is 3.97. The minimum atomic E-state index is 0.406. The van der Waals surface area contributed by atoms with Crippen LogP contribution >= 0.6 is 11.6 Å². The maximum Gasteiger partial charge on any atom is 0.128 e. The Morgan fingerprint density at radius 1 is 1.42 bits per heavy atom. The Kier molecular flexibility index (Phi) is 3.04. The maximum atomic E-state index is 9.26. The lowest BCUT2D eigenvalue weighted by Crippen LogP contribution is -2.18. The van der Waals surface area contributed by atoms with E-state index in [-0.39, 0.29) is 0 Å². The van der Waals surface area contributed by atoms with Crippen molar-refractivity contribution in [1.82, 2.24) is 4.98 Å². The highest BCUT2D eigenvalue weighted by Gasteiger charge is 2.28. The third kappa shape index (κ3) is 2.50. The molecule has 19 heavy (non-hydrogen) atoms. The second-order valence-electron chi connectivity index (χ2n) is 5.10. The molecule has 0 spiro atoms. The van der Waals surface area contributed by atoms with E-state index in [4.69, 9.17) is 11.6 Å². The zero-order valence-corrected chi connectivity index (χ0v) is 11.4. The first-order valence-electron chi connectivity index (χ1n) is 6.44. The predicted molar refractivity (Wildman–Crippen MR) is 77.3 cm³/mol. The lowest BCUT2D eigenvalue weighted by atomic mass is 10.1. The summed E-state index contributed by atoms with van der Waals surface area (Å²) in [6, 6.07) is 9.87. The Balaban J connectivity index is 2.02. The summed E-state index contributed by atoms with van der Waals surface area (Å²) in [6.07, 6.45) is 2.56. The van der Waals surface area contributed by atoms with E-state index in [1.165, 1.54) is 12.8 Å². The number of nitrogens with one attached hydrogen (secondary N) is 1. The number of hydrogen-bond acceptors (Lipinski definition) is 3. The van der Waals surface area contributed by atoms with Crippen LogP contribution in [0.1, 0.15) is 25.3 Å². The number of benzene rings is 1. The average Bonchev–Trinajstić information content (AvgIpc) is 3.22. The van der Waals surface area contributed by atoms with Gasteiger partial charge < -0.3 is 5.32 Å². The number of nitrogens with zero attached hydrogens (tertiary/aromatic N) is 2. The van der Waals surface area contributed by atoms with Crippen LogP contribution < -0.4 is 5.32 Å². The third-order valence-corrected chi connectivity index (χ3v) is 3.83. The van der Waals surface area contributed by atoms with E-state index in [1.54, 1.807) is 18.2 Å². The van der Waals surface area contributed by atoms with E-state index in [1.807, 2.05) is 6.07 Å². The van der Waals surface area contributed by atoms with E-state index in [2.05, 4.69) is 23.3 Å². The van der Waals surface area contributed by atoms with E-state index in [9.17, 15) is 5.26 Å². The Hall–Kier alpha value is -1.79. The number of hydrogen-bond donors (Lipinski definition) is 1. The Morgan fingerprint density at radius 3 is 2.89 bits per heavy atom. The monoisotopic (exact) mass is 271 g/mol. The van der Waals surface area contributed by atoms with Crippen LogP contribution in [0.25, 0.3) is 10.9 Å². The summed E-state index contributed by atoms with van der Waals surface area (Å²) in [5.41, 5.74) is 1.41. The second kappa shape index (κ2) is 4.71. The molecule has 0 amide bonds. The Labute approximate surface area is 117 Å². The number of anilines is 1. The van der Waals surface area contributed by atoms with Gasteiger partial charge in [0.05, 0.1) is 17.1 Å². The third-order valence-electron chi connectivity index (χ3n) is 3.60. The SMILES string of the molecule is CC(Nc1cc(C#N)c2cc(Cl)ccc2n1)C1CC1. The van der Waals surface area contributed by atoms with Gasteiger partial charge in [-0.2, -0.15) is 5.26 Å². The van der Waals surface area contributed by atoms with Gasteiger partial charge in [-0.25, -0.2) is 4.98 Å². The van der Waals surface area contributed by atoms with Crippen molar-refractivity contribution in [2.75, 3.05) is 5.32 Å². The molecule has 1 aliphatic rings. The molecular weight excluding hydrogens is 258 g/mol. The smallest absolute Gasteiger partial charge is 0.128 e. The first-order chi connectivity index (χ1) is 9.17. The number of aromatic nitrogens is 1. The molecule has 0 radical (unpaired) electrons. The van der Waals surface area contributed by atoms with Gasteiger partial charge in [-0.1, -0.05) is 11.6 Å². The minimum Gasteiger partial charge on any atom is -0.367 e. The molecule has 1 aromatic heterocycles. The molecule has 3 rings (SSSR count). The van der Waals surface area contributed by atoms with Crippen LogP contribution in [0.4, 0.5) is 5.82 Å². The van der Waals surface area contributed by atoms with Gasteiger partial charge >= 0.3 is 0 Å². The number of pyridine rings is 1. The van der Waals surface area contributed by atoms with Crippen molar-refractivity contribution in [3.05, 3.63) is 34.9 Å². The molecule has 1 aromatic carbocycles.